The highest BCUT2D eigenvalue weighted by Crippen LogP contribution is 2.17. The van der Waals surface area contributed by atoms with Gasteiger partial charge in [-0.25, -0.2) is 0 Å². The van der Waals surface area contributed by atoms with E-state index in [-0.39, 0.29) is 0 Å². The molecule has 0 saturated carbocycles. The van der Waals surface area contributed by atoms with Crippen molar-refractivity contribution in [3.63, 3.8) is 0 Å². The largest absolute Gasteiger partial charge is 0.383 e. The van der Waals surface area contributed by atoms with E-state index in [4.69, 9.17) is 10.5 Å². The van der Waals surface area contributed by atoms with Crippen molar-refractivity contribution in [2.45, 2.75) is 39.7 Å². The highest BCUT2D eigenvalue weighted by molar-refractivity contribution is 5.56. The van der Waals surface area contributed by atoms with Crippen LogP contribution in [0.25, 0.3) is 0 Å². The van der Waals surface area contributed by atoms with Gasteiger partial charge >= 0.3 is 0 Å². The lowest BCUT2D eigenvalue weighted by atomic mass is 10.0. The lowest BCUT2D eigenvalue weighted by Crippen LogP contribution is -2.15. The van der Waals surface area contributed by atoms with E-state index in [1.54, 1.807) is 12.1 Å². The van der Waals surface area contributed by atoms with Gasteiger partial charge in [-0.05, 0) is 43.9 Å². The zero-order valence-corrected chi connectivity index (χ0v) is 11.2. The third-order valence-electron chi connectivity index (χ3n) is 2.85. The molecule has 0 saturated heterocycles. The quantitative estimate of drug-likeness (QED) is 0.855. The predicted molar refractivity (Wildman–Crippen MR) is 73.0 cm³/mol. The number of rotatable bonds is 5. The third-order valence-corrected chi connectivity index (χ3v) is 2.85. The highest BCUT2D eigenvalue weighted by atomic mass is 14.9. The molecule has 1 unspecified atom stereocenters. The van der Waals surface area contributed by atoms with Gasteiger partial charge in [0.2, 0.25) is 0 Å². The van der Waals surface area contributed by atoms with Crippen molar-refractivity contribution >= 4 is 5.69 Å². The molecule has 1 aromatic rings. The molecule has 0 bridgehead atoms. The van der Waals surface area contributed by atoms with Gasteiger partial charge in [-0.2, -0.15) is 10.5 Å². The first-order valence-corrected chi connectivity index (χ1v) is 6.27. The van der Waals surface area contributed by atoms with Crippen LogP contribution >= 0.6 is 0 Å². The van der Waals surface area contributed by atoms with Gasteiger partial charge in [-0.15, -0.1) is 0 Å². The molecule has 1 atom stereocenters. The van der Waals surface area contributed by atoms with Crippen molar-refractivity contribution in [1.29, 1.82) is 10.5 Å². The molecule has 0 fully saturated rings. The molecule has 0 amide bonds. The Morgan fingerprint density at radius 3 is 2.28 bits per heavy atom. The van der Waals surface area contributed by atoms with Crippen LogP contribution in [0.1, 0.15) is 44.7 Å². The Balaban J connectivity index is 2.69. The van der Waals surface area contributed by atoms with Crippen molar-refractivity contribution in [2.75, 3.05) is 5.32 Å². The maximum absolute atomic E-state index is 8.96. The molecule has 18 heavy (non-hydrogen) atoms. The van der Waals surface area contributed by atoms with E-state index in [0.29, 0.717) is 23.1 Å². The van der Waals surface area contributed by atoms with Gasteiger partial charge in [0.1, 0.15) is 12.1 Å². The van der Waals surface area contributed by atoms with E-state index in [1.165, 1.54) is 6.42 Å². The Morgan fingerprint density at radius 2 is 1.72 bits per heavy atom. The van der Waals surface area contributed by atoms with Gasteiger partial charge in [0, 0.05) is 11.7 Å². The topological polar surface area (TPSA) is 59.6 Å². The molecule has 1 aromatic carbocycles. The van der Waals surface area contributed by atoms with Gasteiger partial charge in [-0.3, -0.25) is 0 Å². The minimum absolute atomic E-state index is 0.367. The molecule has 1 N–H and O–H groups in total. The Hall–Kier alpha value is -2.00. The zero-order valence-electron chi connectivity index (χ0n) is 11.2. The van der Waals surface area contributed by atoms with Crippen molar-refractivity contribution < 1.29 is 0 Å². The minimum Gasteiger partial charge on any atom is -0.383 e. The number of anilines is 1. The van der Waals surface area contributed by atoms with Crippen LogP contribution in [0.15, 0.2) is 18.2 Å². The normalized spacial score (nSPS) is 11.7. The maximum Gasteiger partial charge on any atom is 0.101 e. The van der Waals surface area contributed by atoms with Gasteiger partial charge < -0.3 is 5.32 Å². The second kappa shape index (κ2) is 6.67. The van der Waals surface area contributed by atoms with Crippen LogP contribution in [-0.2, 0) is 0 Å². The van der Waals surface area contributed by atoms with Crippen LogP contribution in [0.5, 0.6) is 0 Å². The molecular formula is C15H19N3. The first-order valence-electron chi connectivity index (χ1n) is 6.27. The van der Waals surface area contributed by atoms with Crippen LogP contribution in [-0.4, -0.2) is 6.04 Å². The average Bonchev–Trinajstić information content (AvgIpc) is 2.36. The van der Waals surface area contributed by atoms with Crippen molar-refractivity contribution in [1.82, 2.24) is 0 Å². The predicted octanol–water partition coefficient (Wildman–Crippen LogP) is 3.67. The monoisotopic (exact) mass is 241 g/mol. The number of nitrogens with one attached hydrogen (secondary N) is 1. The zero-order chi connectivity index (χ0) is 13.5. The summed E-state index contributed by atoms with van der Waals surface area (Å²) in [4.78, 5) is 0. The van der Waals surface area contributed by atoms with Crippen molar-refractivity contribution in [3.8, 4) is 12.1 Å². The third kappa shape index (κ3) is 4.11. The second-order valence-electron chi connectivity index (χ2n) is 5.00. The minimum atomic E-state index is 0.367. The summed E-state index contributed by atoms with van der Waals surface area (Å²) in [6.07, 6.45) is 2.27. The summed E-state index contributed by atoms with van der Waals surface area (Å²) in [5.41, 5.74) is 1.76. The smallest absolute Gasteiger partial charge is 0.101 e. The van der Waals surface area contributed by atoms with E-state index in [2.05, 4.69) is 26.1 Å². The summed E-state index contributed by atoms with van der Waals surface area (Å²) in [5.74, 6) is 0.699. The van der Waals surface area contributed by atoms with E-state index in [9.17, 15) is 0 Å². The van der Waals surface area contributed by atoms with Gasteiger partial charge in [0.05, 0.1) is 11.1 Å². The molecule has 0 aliphatic heterocycles. The van der Waals surface area contributed by atoms with Crippen molar-refractivity contribution in [2.24, 2.45) is 5.92 Å². The maximum atomic E-state index is 8.96. The van der Waals surface area contributed by atoms with E-state index >= 15 is 0 Å². The fourth-order valence-corrected chi connectivity index (χ4v) is 1.76. The molecule has 0 radical (unpaired) electrons. The summed E-state index contributed by atoms with van der Waals surface area (Å²) in [6, 6.07) is 9.72. The first kappa shape index (κ1) is 14.1. The van der Waals surface area contributed by atoms with Crippen LogP contribution < -0.4 is 5.32 Å². The van der Waals surface area contributed by atoms with Crippen LogP contribution in [0.3, 0.4) is 0 Å². The SMILES string of the molecule is CC(C)CCC(C)Nc1ccc(C#N)c(C#N)c1. The number of nitrogens with zero attached hydrogens (tertiary/aromatic N) is 2. The molecule has 0 aliphatic rings. The Morgan fingerprint density at radius 1 is 1.06 bits per heavy atom. The van der Waals surface area contributed by atoms with Gasteiger partial charge in [0.25, 0.3) is 0 Å². The molecule has 0 heterocycles. The van der Waals surface area contributed by atoms with Crippen molar-refractivity contribution in [3.05, 3.63) is 29.3 Å². The molecule has 3 nitrogen and oxygen atoms in total. The van der Waals surface area contributed by atoms with E-state index in [0.717, 1.165) is 12.1 Å². The molecule has 3 heteroatoms. The van der Waals surface area contributed by atoms with Crippen LogP contribution in [0, 0.1) is 28.6 Å². The summed E-state index contributed by atoms with van der Waals surface area (Å²) < 4.78 is 0. The van der Waals surface area contributed by atoms with Crippen LogP contribution in [0.2, 0.25) is 0 Å². The molecular weight excluding hydrogens is 222 g/mol. The number of nitriles is 2. The fraction of sp³-hybridized carbons (Fsp3) is 0.467. The summed E-state index contributed by atoms with van der Waals surface area (Å²) >= 11 is 0. The molecule has 0 aliphatic carbocycles. The van der Waals surface area contributed by atoms with Crippen LogP contribution in [0.4, 0.5) is 5.69 Å². The molecule has 0 spiro atoms. The van der Waals surface area contributed by atoms with Gasteiger partial charge in [-0.1, -0.05) is 13.8 Å². The summed E-state index contributed by atoms with van der Waals surface area (Å²) in [6.45, 7) is 6.55. The molecule has 94 valence electrons. The lowest BCUT2D eigenvalue weighted by Gasteiger charge is -2.16. The standard InChI is InChI=1S/C15H19N3/c1-11(2)4-5-12(3)18-15-7-6-13(9-16)14(8-15)10-17/h6-8,11-12,18H,4-5H2,1-3H3. The van der Waals surface area contributed by atoms with E-state index < -0.39 is 0 Å². The highest BCUT2D eigenvalue weighted by Gasteiger charge is 2.06. The second-order valence-corrected chi connectivity index (χ2v) is 5.00. The Bertz CT molecular complexity index is 477. The Kier molecular flexibility index (Phi) is 5.21. The summed E-state index contributed by atoms with van der Waals surface area (Å²) in [7, 11) is 0. The number of hydrogen-bond donors (Lipinski definition) is 1. The van der Waals surface area contributed by atoms with E-state index in [1.807, 2.05) is 18.2 Å². The van der Waals surface area contributed by atoms with Gasteiger partial charge in [0.15, 0.2) is 0 Å². The lowest BCUT2D eigenvalue weighted by molar-refractivity contribution is 0.528. The number of hydrogen-bond acceptors (Lipinski definition) is 3. The Labute approximate surface area is 109 Å². The average molecular weight is 241 g/mol. The number of benzene rings is 1. The summed E-state index contributed by atoms with van der Waals surface area (Å²) in [5, 5.41) is 21.2. The molecule has 1 rings (SSSR count). The first-order chi connectivity index (χ1) is 8.56. The molecule has 0 aromatic heterocycles. The fourth-order valence-electron chi connectivity index (χ4n) is 1.76.